The normalized spacial score (nSPS) is 13.4. The highest BCUT2D eigenvalue weighted by Gasteiger charge is 2.15. The van der Waals surface area contributed by atoms with Crippen LogP contribution in [0.2, 0.25) is 0 Å². The van der Waals surface area contributed by atoms with Gasteiger partial charge in [-0.3, -0.25) is 4.79 Å². The maximum atomic E-state index is 11.2. The molecule has 0 N–H and O–H groups in total. The summed E-state index contributed by atoms with van der Waals surface area (Å²) in [6.45, 7) is 9.55. The maximum absolute atomic E-state index is 11.2. The Hall–Kier alpha value is -1.36. The van der Waals surface area contributed by atoms with E-state index < -0.39 is 12.1 Å². The molecular weight excluding hydrogens is 248 g/mol. The number of carbonyl (C=O) groups is 2. The first-order valence-electron chi connectivity index (χ1n) is 6.63. The van der Waals surface area contributed by atoms with Crippen LogP contribution in [-0.4, -0.2) is 37.4 Å². The van der Waals surface area contributed by atoms with Crippen LogP contribution < -0.4 is 0 Å². The highest BCUT2D eigenvalue weighted by atomic mass is 16.6. The van der Waals surface area contributed by atoms with Gasteiger partial charge in [0.15, 0.2) is 0 Å². The van der Waals surface area contributed by atoms with Crippen LogP contribution in [0.5, 0.6) is 0 Å². The molecule has 19 heavy (non-hydrogen) atoms. The topological polar surface area (TPSA) is 61.8 Å². The van der Waals surface area contributed by atoms with Crippen LogP contribution in [0, 0.1) is 0 Å². The number of hydrogen-bond acceptors (Lipinski definition) is 5. The first-order valence-corrected chi connectivity index (χ1v) is 6.63. The third-order valence-corrected chi connectivity index (χ3v) is 2.59. The lowest BCUT2D eigenvalue weighted by Gasteiger charge is -2.18. The van der Waals surface area contributed by atoms with E-state index in [1.54, 1.807) is 6.92 Å². The van der Waals surface area contributed by atoms with Gasteiger partial charge in [0, 0.05) is 18.9 Å². The Morgan fingerprint density at radius 3 is 2.53 bits per heavy atom. The summed E-state index contributed by atoms with van der Waals surface area (Å²) < 4.78 is 15.6. The summed E-state index contributed by atoms with van der Waals surface area (Å²) in [6.07, 6.45) is 2.46. The van der Waals surface area contributed by atoms with Crippen LogP contribution in [0.25, 0.3) is 0 Å². The fourth-order valence-corrected chi connectivity index (χ4v) is 1.20. The second-order valence-corrected chi connectivity index (χ2v) is 4.18. The minimum absolute atomic E-state index is 0.0517. The van der Waals surface area contributed by atoms with E-state index in [-0.39, 0.29) is 18.7 Å². The lowest BCUT2D eigenvalue weighted by atomic mass is 10.2. The van der Waals surface area contributed by atoms with Gasteiger partial charge in [0.05, 0.1) is 12.7 Å². The third-order valence-electron chi connectivity index (χ3n) is 2.59. The zero-order chi connectivity index (χ0) is 14.7. The summed E-state index contributed by atoms with van der Waals surface area (Å²) in [5, 5.41) is 0. The molecule has 0 amide bonds. The quantitative estimate of drug-likeness (QED) is 0.451. The molecule has 110 valence electrons. The van der Waals surface area contributed by atoms with Gasteiger partial charge in [-0.1, -0.05) is 20.4 Å². The third kappa shape index (κ3) is 9.25. The molecule has 2 unspecified atom stereocenters. The molecular formula is C14H24O5. The molecule has 0 bridgehead atoms. The monoisotopic (exact) mass is 272 g/mol. The zero-order valence-corrected chi connectivity index (χ0v) is 12.0. The van der Waals surface area contributed by atoms with Crippen molar-refractivity contribution in [1.82, 2.24) is 0 Å². The molecule has 0 rings (SSSR count). The summed E-state index contributed by atoms with van der Waals surface area (Å²) in [7, 11) is 0. The molecule has 0 aliphatic carbocycles. The van der Waals surface area contributed by atoms with Crippen molar-refractivity contribution < 1.29 is 23.8 Å². The molecule has 2 atom stereocenters. The molecule has 5 nitrogen and oxygen atoms in total. The van der Waals surface area contributed by atoms with Crippen molar-refractivity contribution in [3.63, 3.8) is 0 Å². The van der Waals surface area contributed by atoms with Crippen molar-refractivity contribution in [2.45, 2.75) is 52.2 Å². The van der Waals surface area contributed by atoms with E-state index in [9.17, 15) is 9.59 Å². The fraction of sp³-hybridized carbons (Fsp3) is 0.714. The van der Waals surface area contributed by atoms with Crippen LogP contribution in [0.4, 0.5) is 0 Å². The summed E-state index contributed by atoms with van der Waals surface area (Å²) in [5.41, 5.74) is 0. The molecule has 0 aromatic carbocycles. The number of ether oxygens (including phenoxy) is 3. The van der Waals surface area contributed by atoms with E-state index in [4.69, 9.17) is 14.2 Å². The van der Waals surface area contributed by atoms with Crippen molar-refractivity contribution in [2.24, 2.45) is 0 Å². The number of hydrogen-bond donors (Lipinski definition) is 0. The highest BCUT2D eigenvalue weighted by Crippen LogP contribution is 2.05. The summed E-state index contributed by atoms with van der Waals surface area (Å²) >= 11 is 0. The van der Waals surface area contributed by atoms with E-state index in [0.717, 1.165) is 12.5 Å². The standard InChI is InChI=1S/C14H24O5/c1-5-11(4)17-9-8-12(19-14(16)7-3)10-18-13(15)6-2/h7,11-12H,3,5-6,8-10H2,1-2,4H3. The van der Waals surface area contributed by atoms with Gasteiger partial charge >= 0.3 is 11.9 Å². The van der Waals surface area contributed by atoms with Gasteiger partial charge in [-0.05, 0) is 13.3 Å². The molecule has 0 radical (unpaired) electrons. The van der Waals surface area contributed by atoms with E-state index in [1.165, 1.54) is 0 Å². The molecule has 0 saturated heterocycles. The average Bonchev–Trinajstić information content (AvgIpc) is 2.43. The van der Waals surface area contributed by atoms with Gasteiger partial charge in [-0.2, -0.15) is 0 Å². The van der Waals surface area contributed by atoms with E-state index in [2.05, 4.69) is 6.58 Å². The Morgan fingerprint density at radius 2 is 2.00 bits per heavy atom. The Morgan fingerprint density at radius 1 is 1.32 bits per heavy atom. The van der Waals surface area contributed by atoms with Crippen LogP contribution in [-0.2, 0) is 23.8 Å². The van der Waals surface area contributed by atoms with Crippen LogP contribution in [0.15, 0.2) is 12.7 Å². The molecule has 0 spiro atoms. The molecule has 0 aliphatic rings. The largest absolute Gasteiger partial charge is 0.462 e. The molecule has 0 aliphatic heterocycles. The summed E-state index contributed by atoms with van der Waals surface area (Å²) in [4.78, 5) is 22.3. The Balaban J connectivity index is 4.13. The Labute approximate surface area is 114 Å². The smallest absolute Gasteiger partial charge is 0.330 e. The maximum Gasteiger partial charge on any atom is 0.330 e. The SMILES string of the molecule is C=CC(=O)OC(CCOC(C)CC)COC(=O)CC. The van der Waals surface area contributed by atoms with Crippen LogP contribution >= 0.6 is 0 Å². The van der Waals surface area contributed by atoms with Crippen molar-refractivity contribution in [1.29, 1.82) is 0 Å². The summed E-state index contributed by atoms with van der Waals surface area (Å²) in [5.74, 6) is -0.844. The first kappa shape index (κ1) is 17.6. The molecule has 0 saturated carbocycles. The van der Waals surface area contributed by atoms with Crippen molar-refractivity contribution in [3.8, 4) is 0 Å². The van der Waals surface area contributed by atoms with Gasteiger partial charge in [0.25, 0.3) is 0 Å². The molecule has 0 aromatic heterocycles. The van der Waals surface area contributed by atoms with Gasteiger partial charge < -0.3 is 14.2 Å². The zero-order valence-electron chi connectivity index (χ0n) is 12.0. The van der Waals surface area contributed by atoms with Crippen LogP contribution in [0.3, 0.4) is 0 Å². The van der Waals surface area contributed by atoms with Crippen LogP contribution in [0.1, 0.15) is 40.0 Å². The number of esters is 2. The lowest BCUT2D eigenvalue weighted by molar-refractivity contribution is -0.156. The molecule has 5 heteroatoms. The van der Waals surface area contributed by atoms with E-state index >= 15 is 0 Å². The minimum Gasteiger partial charge on any atom is -0.462 e. The fourth-order valence-electron chi connectivity index (χ4n) is 1.20. The Bertz CT molecular complexity index is 288. The predicted octanol–water partition coefficient (Wildman–Crippen LogP) is 2.24. The van der Waals surface area contributed by atoms with Gasteiger partial charge in [0.2, 0.25) is 0 Å². The van der Waals surface area contributed by atoms with E-state index in [0.29, 0.717) is 19.4 Å². The first-order chi connectivity index (χ1) is 9.03. The van der Waals surface area contributed by atoms with Gasteiger partial charge in [-0.15, -0.1) is 0 Å². The average molecular weight is 272 g/mol. The highest BCUT2D eigenvalue weighted by molar-refractivity contribution is 5.81. The molecule has 0 heterocycles. The van der Waals surface area contributed by atoms with Gasteiger partial charge in [-0.25, -0.2) is 4.79 Å². The lowest BCUT2D eigenvalue weighted by Crippen LogP contribution is -2.26. The van der Waals surface area contributed by atoms with Crippen molar-refractivity contribution in [3.05, 3.63) is 12.7 Å². The molecule has 0 fully saturated rings. The second kappa shape index (κ2) is 10.6. The van der Waals surface area contributed by atoms with E-state index in [1.807, 2.05) is 13.8 Å². The van der Waals surface area contributed by atoms with Gasteiger partial charge in [0.1, 0.15) is 12.7 Å². The van der Waals surface area contributed by atoms with Crippen molar-refractivity contribution >= 4 is 11.9 Å². The Kier molecular flexibility index (Phi) is 9.80. The predicted molar refractivity (Wildman–Crippen MR) is 71.6 cm³/mol. The second-order valence-electron chi connectivity index (χ2n) is 4.18. The minimum atomic E-state index is -0.527. The number of carbonyl (C=O) groups excluding carboxylic acids is 2. The molecule has 0 aromatic rings. The van der Waals surface area contributed by atoms with Crippen molar-refractivity contribution in [2.75, 3.05) is 13.2 Å². The number of rotatable bonds is 10. The summed E-state index contributed by atoms with van der Waals surface area (Å²) in [6, 6.07) is 0.